The lowest BCUT2D eigenvalue weighted by molar-refractivity contribution is 0.179. The van der Waals surface area contributed by atoms with Crippen molar-refractivity contribution in [1.82, 2.24) is 15.9 Å². The van der Waals surface area contributed by atoms with Crippen molar-refractivity contribution >= 4 is 29.1 Å². The molecule has 0 bridgehead atoms. The van der Waals surface area contributed by atoms with Gasteiger partial charge in [0.2, 0.25) is 0 Å². The largest absolute Gasteiger partial charge is 0.343 e. The fourth-order valence-electron chi connectivity index (χ4n) is 3.15. The number of hydrogen-bond acceptors (Lipinski definition) is 4. The quantitative estimate of drug-likeness (QED) is 0.475. The maximum Gasteiger partial charge on any atom is 0.343 e. The number of benzene rings is 3. The molecule has 1 aliphatic rings. The number of amides is 4. The molecule has 31 heavy (non-hydrogen) atoms. The number of nitrogens with one attached hydrogen (secondary N) is 4. The smallest absolute Gasteiger partial charge is 0.307 e. The summed E-state index contributed by atoms with van der Waals surface area (Å²) in [5, 5.41) is 11.4. The summed E-state index contributed by atoms with van der Waals surface area (Å²) in [4.78, 5) is 25.1. The third kappa shape index (κ3) is 5.26. The summed E-state index contributed by atoms with van der Waals surface area (Å²) in [5.74, 6) is 0. The van der Waals surface area contributed by atoms with Gasteiger partial charge in [-0.15, -0.1) is 0 Å². The predicted molar refractivity (Wildman–Crippen MR) is 120 cm³/mol. The van der Waals surface area contributed by atoms with Gasteiger partial charge in [-0.1, -0.05) is 66.7 Å². The van der Waals surface area contributed by atoms with E-state index in [9.17, 15) is 9.59 Å². The summed E-state index contributed by atoms with van der Waals surface area (Å²) in [6, 6.07) is 27.0. The van der Waals surface area contributed by atoms with Gasteiger partial charge in [0.1, 0.15) is 6.17 Å². The van der Waals surface area contributed by atoms with Crippen LogP contribution in [0, 0.1) is 0 Å². The molecule has 4 amide bonds. The minimum Gasteiger partial charge on any atom is -0.307 e. The zero-order valence-electron chi connectivity index (χ0n) is 16.7. The standard InChI is InChI=1S/C23H22N6O2/c30-22(24-18-12-6-2-7-13-18)27-26-21-16-20(17-10-4-1-5-11-17)28-29(21)23(31)25-19-14-8-3-9-15-19/h1-15,21,26H,16H2,(H,25,31)(H2,24,27,30). The summed E-state index contributed by atoms with van der Waals surface area (Å²) in [6.07, 6.45) is -0.127. The molecule has 3 aromatic rings. The Labute approximate surface area is 179 Å². The summed E-state index contributed by atoms with van der Waals surface area (Å²) in [5.41, 5.74) is 8.48. The summed E-state index contributed by atoms with van der Waals surface area (Å²) < 4.78 is 0. The highest BCUT2D eigenvalue weighted by Gasteiger charge is 2.32. The molecule has 4 N–H and O–H groups in total. The van der Waals surface area contributed by atoms with E-state index in [1.54, 1.807) is 24.3 Å². The molecule has 3 aromatic carbocycles. The monoisotopic (exact) mass is 414 g/mol. The van der Waals surface area contributed by atoms with Crippen LogP contribution in [0.5, 0.6) is 0 Å². The van der Waals surface area contributed by atoms with Crippen molar-refractivity contribution in [2.24, 2.45) is 5.10 Å². The summed E-state index contributed by atoms with van der Waals surface area (Å²) >= 11 is 0. The number of urea groups is 2. The fraction of sp³-hybridized carbons (Fsp3) is 0.0870. The lowest BCUT2D eigenvalue weighted by Crippen LogP contribution is -2.53. The first-order chi connectivity index (χ1) is 15.2. The van der Waals surface area contributed by atoms with E-state index in [0.29, 0.717) is 17.8 Å². The van der Waals surface area contributed by atoms with Crippen LogP contribution in [0.15, 0.2) is 96.1 Å². The van der Waals surface area contributed by atoms with Gasteiger partial charge in [0.15, 0.2) is 0 Å². The first kappa shape index (κ1) is 20.1. The number of anilines is 2. The Balaban J connectivity index is 1.45. The number of hydrazine groups is 1. The molecule has 0 saturated carbocycles. The lowest BCUT2D eigenvalue weighted by atomic mass is 10.1. The fourth-order valence-corrected chi connectivity index (χ4v) is 3.15. The zero-order valence-corrected chi connectivity index (χ0v) is 16.7. The van der Waals surface area contributed by atoms with Crippen LogP contribution in [-0.4, -0.2) is 28.9 Å². The van der Waals surface area contributed by atoms with Crippen LogP contribution in [0.2, 0.25) is 0 Å². The van der Waals surface area contributed by atoms with Crippen LogP contribution in [0.1, 0.15) is 12.0 Å². The Morgan fingerprint density at radius 2 is 1.32 bits per heavy atom. The Morgan fingerprint density at radius 1 is 0.774 bits per heavy atom. The van der Waals surface area contributed by atoms with Gasteiger partial charge in [0, 0.05) is 17.8 Å². The Kier molecular flexibility index (Phi) is 6.20. The molecule has 0 aliphatic carbocycles. The first-order valence-electron chi connectivity index (χ1n) is 9.85. The number of carbonyl (C=O) groups excluding carboxylic acids is 2. The van der Waals surface area contributed by atoms with Crippen molar-refractivity contribution in [1.29, 1.82) is 0 Å². The molecular weight excluding hydrogens is 392 g/mol. The Bertz CT molecular complexity index is 1060. The second-order valence-corrected chi connectivity index (χ2v) is 6.86. The van der Waals surface area contributed by atoms with E-state index >= 15 is 0 Å². The van der Waals surface area contributed by atoms with Crippen molar-refractivity contribution < 1.29 is 9.59 Å². The van der Waals surface area contributed by atoms with Crippen LogP contribution in [0.25, 0.3) is 0 Å². The molecule has 0 radical (unpaired) electrons. The normalized spacial score (nSPS) is 15.2. The van der Waals surface area contributed by atoms with Gasteiger partial charge < -0.3 is 10.6 Å². The highest BCUT2D eigenvalue weighted by atomic mass is 16.2. The third-order valence-electron chi connectivity index (χ3n) is 4.63. The minimum absolute atomic E-state index is 0.403. The molecule has 4 rings (SSSR count). The number of carbonyl (C=O) groups is 2. The minimum atomic E-state index is -0.555. The number of hydrazone groups is 1. The SMILES string of the molecule is O=C(NNC1CC(c2ccccc2)=NN1C(=O)Nc1ccccc1)Nc1ccccc1. The average molecular weight is 414 g/mol. The van der Waals surface area contributed by atoms with E-state index in [1.165, 1.54) is 5.01 Å². The third-order valence-corrected chi connectivity index (χ3v) is 4.63. The molecule has 1 unspecified atom stereocenters. The van der Waals surface area contributed by atoms with Crippen molar-refractivity contribution in [3.63, 3.8) is 0 Å². The molecule has 8 nitrogen and oxygen atoms in total. The zero-order chi connectivity index (χ0) is 21.5. The van der Waals surface area contributed by atoms with Crippen LogP contribution >= 0.6 is 0 Å². The molecule has 0 spiro atoms. The number of hydrogen-bond donors (Lipinski definition) is 4. The molecular formula is C23H22N6O2. The van der Waals surface area contributed by atoms with E-state index in [-0.39, 0.29) is 0 Å². The van der Waals surface area contributed by atoms with E-state index in [4.69, 9.17) is 0 Å². The van der Waals surface area contributed by atoms with Crippen molar-refractivity contribution in [2.45, 2.75) is 12.6 Å². The van der Waals surface area contributed by atoms with E-state index in [2.05, 4.69) is 26.6 Å². The average Bonchev–Trinajstić information content (AvgIpc) is 3.24. The second-order valence-electron chi connectivity index (χ2n) is 6.86. The van der Waals surface area contributed by atoms with Crippen molar-refractivity contribution in [3.05, 3.63) is 96.6 Å². The molecule has 0 saturated heterocycles. The molecule has 1 heterocycles. The summed E-state index contributed by atoms with van der Waals surface area (Å²) in [6.45, 7) is 0. The van der Waals surface area contributed by atoms with E-state index < -0.39 is 18.2 Å². The Hall–Kier alpha value is -4.17. The highest BCUT2D eigenvalue weighted by Crippen LogP contribution is 2.20. The highest BCUT2D eigenvalue weighted by molar-refractivity contribution is 6.04. The maximum absolute atomic E-state index is 12.9. The van der Waals surface area contributed by atoms with Gasteiger partial charge in [-0.3, -0.25) is 5.43 Å². The lowest BCUT2D eigenvalue weighted by Gasteiger charge is -2.23. The molecule has 8 heteroatoms. The maximum atomic E-state index is 12.9. The molecule has 1 atom stereocenters. The van der Waals surface area contributed by atoms with Crippen molar-refractivity contribution in [3.8, 4) is 0 Å². The van der Waals surface area contributed by atoms with Crippen LogP contribution in [-0.2, 0) is 0 Å². The van der Waals surface area contributed by atoms with Crippen LogP contribution in [0.4, 0.5) is 21.0 Å². The predicted octanol–water partition coefficient (Wildman–Crippen LogP) is 3.98. The van der Waals surface area contributed by atoms with Crippen molar-refractivity contribution in [2.75, 3.05) is 10.6 Å². The second kappa shape index (κ2) is 9.55. The van der Waals surface area contributed by atoms with Gasteiger partial charge in [-0.05, 0) is 29.8 Å². The first-order valence-corrected chi connectivity index (χ1v) is 9.85. The molecule has 156 valence electrons. The van der Waals surface area contributed by atoms with E-state index in [1.807, 2.05) is 66.7 Å². The van der Waals surface area contributed by atoms with Crippen LogP contribution in [0.3, 0.4) is 0 Å². The molecule has 0 aromatic heterocycles. The number of para-hydroxylation sites is 2. The number of rotatable bonds is 5. The van der Waals surface area contributed by atoms with E-state index in [0.717, 1.165) is 11.3 Å². The van der Waals surface area contributed by atoms with Crippen LogP contribution < -0.4 is 21.5 Å². The Morgan fingerprint density at radius 3 is 1.94 bits per heavy atom. The van der Waals surface area contributed by atoms with Gasteiger partial charge in [-0.2, -0.15) is 10.1 Å². The van der Waals surface area contributed by atoms with Gasteiger partial charge in [-0.25, -0.2) is 15.0 Å². The summed E-state index contributed by atoms with van der Waals surface area (Å²) in [7, 11) is 0. The van der Waals surface area contributed by atoms with Gasteiger partial charge >= 0.3 is 12.1 Å². The number of nitrogens with zero attached hydrogens (tertiary/aromatic N) is 2. The molecule has 0 fully saturated rings. The van der Waals surface area contributed by atoms with Gasteiger partial charge in [0.05, 0.1) is 5.71 Å². The van der Waals surface area contributed by atoms with Gasteiger partial charge in [0.25, 0.3) is 0 Å². The molecule has 1 aliphatic heterocycles. The topological polar surface area (TPSA) is 97.9 Å².